The van der Waals surface area contributed by atoms with Gasteiger partial charge in [-0.2, -0.15) is 5.10 Å². The number of hydrogen-bond acceptors (Lipinski definition) is 7. The molecule has 0 amide bonds. The molecule has 110 valence electrons. The van der Waals surface area contributed by atoms with Gasteiger partial charge in [-0.15, -0.1) is 10.2 Å². The zero-order valence-electron chi connectivity index (χ0n) is 11.0. The van der Waals surface area contributed by atoms with Crippen molar-refractivity contribution in [1.82, 2.24) is 14.9 Å². The summed E-state index contributed by atoms with van der Waals surface area (Å²) in [7, 11) is 0. The van der Waals surface area contributed by atoms with E-state index < -0.39 is 10.7 Å². The fourth-order valence-electron chi connectivity index (χ4n) is 1.78. The molecule has 0 aliphatic carbocycles. The number of phenolic OH excluding ortho intramolecular Hbond substituents is 1. The van der Waals surface area contributed by atoms with Gasteiger partial charge >= 0.3 is 5.69 Å². The molecule has 3 rings (SSSR count). The molecule has 0 bridgehead atoms. The summed E-state index contributed by atoms with van der Waals surface area (Å²) in [6.07, 6.45) is 4.30. The lowest BCUT2D eigenvalue weighted by molar-refractivity contribution is -0.385. The van der Waals surface area contributed by atoms with Gasteiger partial charge in [0, 0.05) is 11.6 Å². The van der Waals surface area contributed by atoms with Gasteiger partial charge in [0.1, 0.15) is 24.2 Å². The van der Waals surface area contributed by atoms with Crippen LogP contribution in [0.3, 0.4) is 0 Å². The van der Waals surface area contributed by atoms with Gasteiger partial charge in [0.2, 0.25) is 0 Å². The van der Waals surface area contributed by atoms with Crippen molar-refractivity contribution in [3.8, 4) is 17.1 Å². The van der Waals surface area contributed by atoms with Crippen molar-refractivity contribution in [2.45, 2.75) is 0 Å². The molecule has 1 aromatic carbocycles. The summed E-state index contributed by atoms with van der Waals surface area (Å²) >= 11 is 0. The first-order chi connectivity index (χ1) is 10.6. The smallest absolute Gasteiger partial charge is 0.311 e. The van der Waals surface area contributed by atoms with E-state index >= 15 is 0 Å². The second-order valence-corrected chi connectivity index (χ2v) is 4.25. The average Bonchev–Trinajstić information content (AvgIpc) is 3.17. The summed E-state index contributed by atoms with van der Waals surface area (Å²) in [6.45, 7) is 0. The number of phenols is 1. The Morgan fingerprint density at radius 3 is 2.77 bits per heavy atom. The van der Waals surface area contributed by atoms with E-state index in [0.29, 0.717) is 17.1 Å². The van der Waals surface area contributed by atoms with Crippen molar-refractivity contribution in [2.24, 2.45) is 5.10 Å². The van der Waals surface area contributed by atoms with E-state index in [0.717, 1.165) is 0 Å². The third-order valence-electron chi connectivity index (χ3n) is 2.81. The molecule has 22 heavy (non-hydrogen) atoms. The lowest BCUT2D eigenvalue weighted by Gasteiger charge is -1.99. The van der Waals surface area contributed by atoms with Crippen molar-refractivity contribution in [3.05, 3.63) is 58.9 Å². The first-order valence-corrected chi connectivity index (χ1v) is 6.10. The van der Waals surface area contributed by atoms with Crippen LogP contribution in [0.5, 0.6) is 5.75 Å². The molecule has 9 heteroatoms. The maximum Gasteiger partial charge on any atom is 0.311 e. The van der Waals surface area contributed by atoms with Gasteiger partial charge in [0.25, 0.3) is 0 Å². The zero-order valence-corrected chi connectivity index (χ0v) is 11.0. The molecule has 3 aromatic rings. The molecule has 2 aromatic heterocycles. The van der Waals surface area contributed by atoms with Gasteiger partial charge in [-0.3, -0.25) is 10.1 Å². The standard InChI is InChI=1S/C13H9N5O4/c19-12-3-1-9(5-11(12)18(20)21)13-4-2-10(22-13)6-16-17-7-14-15-8-17/h1-8,19H/b16-6+. The monoisotopic (exact) mass is 299 g/mol. The van der Waals surface area contributed by atoms with E-state index in [1.165, 1.54) is 41.7 Å². The molecule has 0 spiro atoms. The number of nitro groups is 1. The van der Waals surface area contributed by atoms with Crippen LogP contribution in [0.25, 0.3) is 11.3 Å². The lowest BCUT2D eigenvalue weighted by Crippen LogP contribution is -1.89. The molecule has 2 heterocycles. The third-order valence-corrected chi connectivity index (χ3v) is 2.81. The van der Waals surface area contributed by atoms with Crippen molar-refractivity contribution >= 4 is 11.9 Å². The van der Waals surface area contributed by atoms with Crippen LogP contribution in [0, 0.1) is 10.1 Å². The van der Waals surface area contributed by atoms with Crippen LogP contribution in [0.4, 0.5) is 5.69 Å². The van der Waals surface area contributed by atoms with Crippen LogP contribution in [0.2, 0.25) is 0 Å². The van der Waals surface area contributed by atoms with Crippen LogP contribution >= 0.6 is 0 Å². The Morgan fingerprint density at radius 2 is 2.05 bits per heavy atom. The molecule has 0 aliphatic rings. The van der Waals surface area contributed by atoms with Gasteiger partial charge in [-0.05, 0) is 24.3 Å². The number of nitro benzene ring substituents is 1. The quantitative estimate of drug-likeness (QED) is 0.447. The van der Waals surface area contributed by atoms with Crippen LogP contribution in [-0.2, 0) is 0 Å². The van der Waals surface area contributed by atoms with Gasteiger partial charge in [-0.1, -0.05) is 0 Å². The van der Waals surface area contributed by atoms with Crippen molar-refractivity contribution < 1.29 is 14.4 Å². The predicted octanol–water partition coefficient (Wildman–Crippen LogP) is 2.03. The van der Waals surface area contributed by atoms with Crippen LogP contribution in [-0.4, -0.2) is 31.1 Å². The summed E-state index contributed by atoms with van der Waals surface area (Å²) in [5, 5.41) is 31.5. The fraction of sp³-hybridized carbons (Fsp3) is 0. The van der Waals surface area contributed by atoms with Crippen LogP contribution in [0.1, 0.15) is 5.76 Å². The Hall–Kier alpha value is -3.49. The highest BCUT2D eigenvalue weighted by atomic mass is 16.6. The Balaban J connectivity index is 1.87. The summed E-state index contributed by atoms with van der Waals surface area (Å²) < 4.78 is 6.93. The number of aromatic nitrogens is 3. The van der Waals surface area contributed by atoms with E-state index in [1.54, 1.807) is 12.1 Å². The highest BCUT2D eigenvalue weighted by Gasteiger charge is 2.15. The van der Waals surface area contributed by atoms with Gasteiger partial charge in [0.15, 0.2) is 5.75 Å². The van der Waals surface area contributed by atoms with Crippen LogP contribution < -0.4 is 0 Å². The minimum absolute atomic E-state index is 0.381. The lowest BCUT2D eigenvalue weighted by atomic mass is 10.1. The van der Waals surface area contributed by atoms with Gasteiger partial charge < -0.3 is 9.52 Å². The Morgan fingerprint density at radius 1 is 1.27 bits per heavy atom. The summed E-state index contributed by atoms with van der Waals surface area (Å²) in [5.74, 6) is 0.488. The highest BCUT2D eigenvalue weighted by Crippen LogP contribution is 2.31. The largest absolute Gasteiger partial charge is 0.502 e. The molecule has 1 N–H and O–H groups in total. The Bertz CT molecular complexity index is 838. The SMILES string of the molecule is O=[N+]([O-])c1cc(-c2ccc(/C=N/n3cnnc3)o2)ccc1O. The highest BCUT2D eigenvalue weighted by molar-refractivity contribution is 5.77. The topological polar surface area (TPSA) is 120 Å². The summed E-state index contributed by atoms with van der Waals surface area (Å²) in [5.41, 5.74) is 0.0991. The molecule has 0 aliphatic heterocycles. The minimum atomic E-state index is -0.657. The van der Waals surface area contributed by atoms with Gasteiger partial charge in [0.05, 0.1) is 11.1 Å². The van der Waals surface area contributed by atoms with E-state index in [4.69, 9.17) is 4.42 Å². The van der Waals surface area contributed by atoms with E-state index in [-0.39, 0.29) is 5.69 Å². The molecular formula is C13H9N5O4. The second kappa shape index (κ2) is 5.48. The molecular weight excluding hydrogens is 290 g/mol. The second-order valence-electron chi connectivity index (χ2n) is 4.25. The van der Waals surface area contributed by atoms with Crippen molar-refractivity contribution in [1.29, 1.82) is 0 Å². The van der Waals surface area contributed by atoms with E-state index in [9.17, 15) is 15.2 Å². The summed E-state index contributed by atoms with van der Waals surface area (Å²) in [6, 6.07) is 7.35. The number of benzene rings is 1. The number of hydrogen-bond donors (Lipinski definition) is 1. The Kier molecular flexibility index (Phi) is 3.36. The number of furan rings is 1. The maximum atomic E-state index is 10.8. The first-order valence-electron chi connectivity index (χ1n) is 6.10. The first kappa shape index (κ1) is 13.5. The molecule has 0 fully saturated rings. The molecule has 0 saturated heterocycles. The number of aromatic hydroxyl groups is 1. The average molecular weight is 299 g/mol. The van der Waals surface area contributed by atoms with Crippen molar-refractivity contribution in [3.63, 3.8) is 0 Å². The molecule has 0 radical (unpaired) electrons. The van der Waals surface area contributed by atoms with Gasteiger partial charge in [-0.25, -0.2) is 4.68 Å². The molecule has 0 unspecified atom stereocenters. The fourth-order valence-corrected chi connectivity index (χ4v) is 1.78. The van der Waals surface area contributed by atoms with Crippen molar-refractivity contribution in [2.75, 3.05) is 0 Å². The van der Waals surface area contributed by atoms with Crippen LogP contribution in [0.15, 0.2) is 52.5 Å². The van der Waals surface area contributed by atoms with E-state index in [1.807, 2.05) is 0 Å². The maximum absolute atomic E-state index is 10.8. The minimum Gasteiger partial charge on any atom is -0.502 e. The molecule has 0 saturated carbocycles. The summed E-state index contributed by atoms with van der Waals surface area (Å²) in [4.78, 5) is 10.2. The predicted molar refractivity (Wildman–Crippen MR) is 75.5 cm³/mol. The zero-order chi connectivity index (χ0) is 15.5. The number of rotatable bonds is 4. The third kappa shape index (κ3) is 2.68. The number of nitrogens with zero attached hydrogens (tertiary/aromatic N) is 5. The molecule has 9 nitrogen and oxygen atoms in total. The molecule has 0 atom stereocenters. The van der Waals surface area contributed by atoms with E-state index in [2.05, 4.69) is 15.3 Å². The Labute approximate surface area is 123 Å². The normalized spacial score (nSPS) is 11.1.